The first-order chi connectivity index (χ1) is 18.1. The van der Waals surface area contributed by atoms with Gasteiger partial charge in [0.05, 0.1) is 28.9 Å². The van der Waals surface area contributed by atoms with E-state index in [4.69, 9.17) is 9.84 Å². The van der Waals surface area contributed by atoms with Crippen LogP contribution < -0.4 is 5.32 Å². The Bertz CT molecular complexity index is 1520. The second-order valence-electron chi connectivity index (χ2n) is 9.34. The number of carbonyl (C=O) groups excluding carboxylic acids is 2. The van der Waals surface area contributed by atoms with Crippen LogP contribution >= 0.6 is 11.3 Å². The van der Waals surface area contributed by atoms with Crippen molar-refractivity contribution < 1.29 is 14.3 Å². The van der Waals surface area contributed by atoms with Crippen LogP contribution in [-0.2, 0) is 9.53 Å². The number of aromatic nitrogens is 2. The molecule has 6 rings (SSSR count). The van der Waals surface area contributed by atoms with Gasteiger partial charge in [-0.1, -0.05) is 54.6 Å². The first-order valence-electron chi connectivity index (χ1n) is 12.6. The molecule has 2 atom stereocenters. The molecule has 3 heterocycles. The Hall–Kier alpha value is -3.97. The number of allylic oxidation sites excluding steroid dienone is 2. The van der Waals surface area contributed by atoms with Crippen molar-refractivity contribution in [3.05, 3.63) is 100 Å². The Morgan fingerprint density at radius 1 is 1.11 bits per heavy atom. The first-order valence-corrected chi connectivity index (χ1v) is 13.4. The van der Waals surface area contributed by atoms with Gasteiger partial charge in [0.15, 0.2) is 0 Å². The van der Waals surface area contributed by atoms with Crippen molar-refractivity contribution in [3.8, 4) is 16.9 Å². The number of nitrogens with zero attached hydrogens (tertiary/aromatic N) is 2. The smallest absolute Gasteiger partial charge is 0.348 e. The standard InChI is InChI=1S/C30H27N3O3S/c1-3-36-30(35)28-18(2)24-25(26-22(31-29(24)37-28)15-10-16-23(26)34)21-17-33(20-13-8-5-9-14-20)32-27(21)19-11-6-4-7-12-19/h4-9,11-15,17,25-26,31H,3,10,16H2,1-2H3/t25-,26+/m0/s1. The first kappa shape index (κ1) is 23.4. The predicted molar refractivity (Wildman–Crippen MR) is 145 cm³/mol. The Morgan fingerprint density at radius 2 is 1.84 bits per heavy atom. The summed E-state index contributed by atoms with van der Waals surface area (Å²) in [5.41, 5.74) is 6.50. The molecule has 0 radical (unpaired) electrons. The zero-order valence-electron chi connectivity index (χ0n) is 20.7. The number of rotatable bonds is 5. The third-order valence-electron chi connectivity index (χ3n) is 7.14. The molecule has 4 aromatic rings. The van der Waals surface area contributed by atoms with Crippen LogP contribution in [0.5, 0.6) is 0 Å². The lowest BCUT2D eigenvalue weighted by Gasteiger charge is -2.36. The van der Waals surface area contributed by atoms with E-state index in [1.807, 2.05) is 79.2 Å². The van der Waals surface area contributed by atoms with Crippen molar-refractivity contribution in [1.29, 1.82) is 0 Å². The van der Waals surface area contributed by atoms with Gasteiger partial charge in [-0.25, -0.2) is 9.48 Å². The minimum absolute atomic E-state index is 0.204. The number of fused-ring (bicyclic) bond motifs is 2. The molecule has 1 aliphatic heterocycles. The van der Waals surface area contributed by atoms with Crippen molar-refractivity contribution in [2.75, 3.05) is 11.9 Å². The maximum Gasteiger partial charge on any atom is 0.348 e. The quantitative estimate of drug-likeness (QED) is 0.311. The summed E-state index contributed by atoms with van der Waals surface area (Å²) in [6, 6.07) is 20.1. The fourth-order valence-corrected chi connectivity index (χ4v) is 6.65. The molecule has 0 unspecified atom stereocenters. The number of esters is 1. The minimum atomic E-state index is -0.361. The summed E-state index contributed by atoms with van der Waals surface area (Å²) in [6.07, 6.45) is 5.40. The van der Waals surface area contributed by atoms with E-state index in [9.17, 15) is 9.59 Å². The van der Waals surface area contributed by atoms with E-state index in [2.05, 4.69) is 17.6 Å². The van der Waals surface area contributed by atoms with Crippen LogP contribution in [0.2, 0.25) is 0 Å². The molecule has 0 fully saturated rings. The number of thiophene rings is 1. The molecule has 2 aliphatic rings. The number of benzene rings is 2. The molecule has 0 saturated heterocycles. The van der Waals surface area contributed by atoms with Gasteiger partial charge in [-0.15, -0.1) is 11.3 Å². The van der Waals surface area contributed by atoms with Crippen molar-refractivity contribution in [2.24, 2.45) is 5.92 Å². The van der Waals surface area contributed by atoms with Crippen LogP contribution in [0.1, 0.15) is 52.0 Å². The summed E-state index contributed by atoms with van der Waals surface area (Å²) >= 11 is 1.41. The topological polar surface area (TPSA) is 73.2 Å². The molecule has 0 amide bonds. The van der Waals surface area contributed by atoms with Gasteiger partial charge in [0.2, 0.25) is 0 Å². The van der Waals surface area contributed by atoms with Crippen molar-refractivity contribution >= 4 is 28.1 Å². The summed E-state index contributed by atoms with van der Waals surface area (Å²) in [4.78, 5) is 26.9. The molecule has 37 heavy (non-hydrogen) atoms. The Balaban J connectivity index is 1.61. The van der Waals surface area contributed by atoms with Crippen LogP contribution in [0.3, 0.4) is 0 Å². The number of anilines is 1. The fraction of sp³-hybridized carbons (Fsp3) is 0.233. The molecule has 2 aromatic heterocycles. The molecule has 0 bridgehead atoms. The number of carbonyl (C=O) groups is 2. The normalized spacial score (nSPS) is 18.4. The van der Waals surface area contributed by atoms with Gasteiger partial charge in [-0.05, 0) is 43.5 Å². The summed E-state index contributed by atoms with van der Waals surface area (Å²) < 4.78 is 7.26. The highest BCUT2D eigenvalue weighted by Gasteiger charge is 2.44. The molecule has 1 N–H and O–H groups in total. The van der Waals surface area contributed by atoms with Gasteiger partial charge in [0, 0.05) is 35.4 Å². The zero-order chi connectivity index (χ0) is 25.5. The number of ketones is 1. The molecular weight excluding hydrogens is 482 g/mol. The molecular formula is C30H27N3O3S. The average Bonchev–Trinajstić information content (AvgIpc) is 3.51. The molecule has 0 saturated carbocycles. The highest BCUT2D eigenvalue weighted by molar-refractivity contribution is 7.18. The largest absolute Gasteiger partial charge is 0.462 e. The molecule has 186 valence electrons. The lowest BCUT2D eigenvalue weighted by atomic mass is 9.71. The highest BCUT2D eigenvalue weighted by atomic mass is 32.1. The summed E-state index contributed by atoms with van der Waals surface area (Å²) in [6.45, 7) is 4.08. The van der Waals surface area contributed by atoms with E-state index >= 15 is 0 Å². The maximum absolute atomic E-state index is 13.5. The molecule has 6 nitrogen and oxygen atoms in total. The van der Waals surface area contributed by atoms with Gasteiger partial charge in [-0.2, -0.15) is 5.10 Å². The van der Waals surface area contributed by atoms with Gasteiger partial charge in [0.1, 0.15) is 10.7 Å². The summed E-state index contributed by atoms with van der Waals surface area (Å²) in [7, 11) is 0. The van der Waals surface area contributed by atoms with E-state index in [1.165, 1.54) is 11.3 Å². The summed E-state index contributed by atoms with van der Waals surface area (Å²) in [5, 5.41) is 9.45. The third-order valence-corrected chi connectivity index (χ3v) is 8.34. The number of hydrogen-bond donors (Lipinski definition) is 1. The van der Waals surface area contributed by atoms with Crippen molar-refractivity contribution in [1.82, 2.24) is 9.78 Å². The van der Waals surface area contributed by atoms with Crippen LogP contribution in [0.25, 0.3) is 16.9 Å². The monoisotopic (exact) mass is 509 g/mol. The van der Waals surface area contributed by atoms with Crippen LogP contribution in [0.4, 0.5) is 5.00 Å². The van der Waals surface area contributed by atoms with Crippen LogP contribution in [0.15, 0.2) is 78.6 Å². The van der Waals surface area contributed by atoms with Crippen LogP contribution in [0, 0.1) is 12.8 Å². The van der Waals surface area contributed by atoms with Gasteiger partial charge in [-0.3, -0.25) is 4.79 Å². The van der Waals surface area contributed by atoms with Crippen molar-refractivity contribution in [2.45, 2.75) is 32.6 Å². The predicted octanol–water partition coefficient (Wildman–Crippen LogP) is 6.51. The van der Waals surface area contributed by atoms with Crippen LogP contribution in [-0.4, -0.2) is 28.1 Å². The SMILES string of the molecule is CCOC(=O)c1sc2c(c1C)[C@H](c1cn(-c3ccccc3)nc1-c1ccccc1)[C@H]1C(=O)CCC=C1N2. The second-order valence-corrected chi connectivity index (χ2v) is 10.4. The molecule has 2 aromatic carbocycles. The van der Waals surface area contributed by atoms with E-state index in [-0.39, 0.29) is 23.6 Å². The Morgan fingerprint density at radius 3 is 2.57 bits per heavy atom. The van der Waals surface area contributed by atoms with Gasteiger partial charge in [0.25, 0.3) is 0 Å². The molecule has 0 spiro atoms. The van der Waals surface area contributed by atoms with Gasteiger partial charge < -0.3 is 10.1 Å². The van der Waals surface area contributed by atoms with Gasteiger partial charge >= 0.3 is 5.97 Å². The number of para-hydroxylation sites is 1. The highest BCUT2D eigenvalue weighted by Crippen LogP contribution is 2.53. The number of ether oxygens (including phenoxy) is 1. The third kappa shape index (κ3) is 4.00. The lowest BCUT2D eigenvalue weighted by Crippen LogP contribution is -2.34. The Labute approximate surface area is 219 Å². The molecule has 1 aliphatic carbocycles. The zero-order valence-corrected chi connectivity index (χ0v) is 21.5. The number of hydrogen-bond acceptors (Lipinski definition) is 6. The molecule has 7 heteroatoms. The number of Topliss-reactive ketones (excluding diaryl/α,β-unsaturated/α-hetero) is 1. The van der Waals surface area contributed by atoms with E-state index < -0.39 is 0 Å². The lowest BCUT2D eigenvalue weighted by molar-refractivity contribution is -0.122. The number of nitrogens with one attached hydrogen (secondary N) is 1. The maximum atomic E-state index is 13.5. The minimum Gasteiger partial charge on any atom is -0.462 e. The van der Waals surface area contributed by atoms with Crippen molar-refractivity contribution in [3.63, 3.8) is 0 Å². The fourth-order valence-electron chi connectivity index (χ4n) is 5.49. The van der Waals surface area contributed by atoms with E-state index in [0.29, 0.717) is 24.3 Å². The summed E-state index contributed by atoms with van der Waals surface area (Å²) in [5.74, 6) is -0.759. The van der Waals surface area contributed by atoms with E-state index in [1.54, 1.807) is 0 Å². The van der Waals surface area contributed by atoms with E-state index in [0.717, 1.165) is 44.3 Å². The Kier molecular flexibility index (Phi) is 6.00. The second kappa shape index (κ2) is 9.48. The average molecular weight is 510 g/mol.